The maximum absolute atomic E-state index is 13.3. The van der Waals surface area contributed by atoms with E-state index < -0.39 is 10.0 Å². The fraction of sp³-hybridized carbons (Fsp3) is 0.130. The first-order chi connectivity index (χ1) is 15.4. The Balaban J connectivity index is 1.74. The zero-order valence-electron chi connectivity index (χ0n) is 17.5. The Hall–Kier alpha value is -3.72. The predicted octanol–water partition coefficient (Wildman–Crippen LogP) is 4.25. The molecule has 32 heavy (non-hydrogen) atoms. The summed E-state index contributed by atoms with van der Waals surface area (Å²) in [6.45, 7) is 2.12. The Morgan fingerprint density at radius 1 is 0.969 bits per heavy atom. The normalized spacial score (nSPS) is 11.3. The molecule has 1 N–H and O–H groups in total. The lowest BCUT2D eigenvalue weighted by Crippen LogP contribution is -2.18. The Bertz CT molecular complexity index is 1320. The molecule has 4 aromatic rings. The van der Waals surface area contributed by atoms with Gasteiger partial charge in [-0.2, -0.15) is 13.4 Å². The van der Waals surface area contributed by atoms with E-state index in [1.54, 1.807) is 55.6 Å². The SMILES string of the molecule is COc1ccc(-c2nc(NCc3ccc(F)cc3)n(S(=O)(=O)c3ccc(C)cc3)n2)cc1. The average Bonchev–Trinajstić information content (AvgIpc) is 3.24. The number of hydrogen-bond acceptors (Lipinski definition) is 6. The van der Waals surface area contributed by atoms with Crippen LogP contribution in [0.1, 0.15) is 11.1 Å². The van der Waals surface area contributed by atoms with Crippen molar-refractivity contribution in [3.8, 4) is 17.1 Å². The van der Waals surface area contributed by atoms with Crippen LogP contribution < -0.4 is 10.1 Å². The second-order valence-electron chi connectivity index (χ2n) is 7.13. The van der Waals surface area contributed by atoms with Crippen LogP contribution in [0.15, 0.2) is 77.7 Å². The van der Waals surface area contributed by atoms with Crippen molar-refractivity contribution in [3.05, 3.63) is 89.7 Å². The van der Waals surface area contributed by atoms with Crippen molar-refractivity contribution in [2.24, 2.45) is 0 Å². The second kappa shape index (κ2) is 8.80. The number of anilines is 1. The van der Waals surface area contributed by atoms with Crippen molar-refractivity contribution >= 4 is 16.0 Å². The van der Waals surface area contributed by atoms with Crippen molar-refractivity contribution in [1.82, 2.24) is 14.2 Å². The van der Waals surface area contributed by atoms with Gasteiger partial charge in [0.25, 0.3) is 10.0 Å². The quantitative estimate of drug-likeness (QED) is 0.451. The molecule has 1 aromatic heterocycles. The van der Waals surface area contributed by atoms with Crippen LogP contribution in [0.2, 0.25) is 0 Å². The van der Waals surface area contributed by atoms with Gasteiger partial charge in [0.15, 0.2) is 5.82 Å². The molecule has 0 aliphatic heterocycles. The molecule has 9 heteroatoms. The molecule has 0 unspecified atom stereocenters. The molecule has 0 saturated heterocycles. The predicted molar refractivity (Wildman–Crippen MR) is 119 cm³/mol. The number of nitrogens with one attached hydrogen (secondary N) is 1. The van der Waals surface area contributed by atoms with Crippen molar-refractivity contribution in [1.29, 1.82) is 0 Å². The molecule has 0 aliphatic rings. The molecule has 4 rings (SSSR count). The summed E-state index contributed by atoms with van der Waals surface area (Å²) in [6, 6.07) is 19.4. The fourth-order valence-corrected chi connectivity index (χ4v) is 4.23. The molecule has 0 atom stereocenters. The highest BCUT2D eigenvalue weighted by Gasteiger charge is 2.24. The van der Waals surface area contributed by atoms with Crippen LogP contribution in [0.5, 0.6) is 5.75 Å². The van der Waals surface area contributed by atoms with Gasteiger partial charge in [0, 0.05) is 12.1 Å². The average molecular weight is 453 g/mol. The van der Waals surface area contributed by atoms with Crippen LogP contribution in [0.4, 0.5) is 10.3 Å². The Kier molecular flexibility index (Phi) is 5.91. The molecular formula is C23H21FN4O3S. The summed E-state index contributed by atoms with van der Waals surface area (Å²) in [4.78, 5) is 4.52. The van der Waals surface area contributed by atoms with Crippen molar-refractivity contribution in [3.63, 3.8) is 0 Å². The number of hydrogen-bond donors (Lipinski definition) is 1. The van der Waals surface area contributed by atoms with Crippen LogP contribution in [-0.2, 0) is 16.6 Å². The molecule has 3 aromatic carbocycles. The molecule has 0 radical (unpaired) electrons. The van der Waals surface area contributed by atoms with Gasteiger partial charge in [-0.05, 0) is 61.0 Å². The lowest BCUT2D eigenvalue weighted by atomic mass is 10.2. The first-order valence-electron chi connectivity index (χ1n) is 9.79. The van der Waals surface area contributed by atoms with Gasteiger partial charge in [-0.25, -0.2) is 4.39 Å². The number of rotatable bonds is 7. The summed E-state index contributed by atoms with van der Waals surface area (Å²) in [5.41, 5.74) is 2.34. The third-order valence-electron chi connectivity index (χ3n) is 4.84. The number of methoxy groups -OCH3 is 1. The molecule has 0 spiro atoms. The fourth-order valence-electron chi connectivity index (χ4n) is 3.03. The Morgan fingerprint density at radius 3 is 2.25 bits per heavy atom. The summed E-state index contributed by atoms with van der Waals surface area (Å²) >= 11 is 0. The van der Waals surface area contributed by atoms with Crippen LogP contribution in [0.3, 0.4) is 0 Å². The minimum absolute atomic E-state index is 0.0562. The minimum Gasteiger partial charge on any atom is -0.497 e. The van der Waals surface area contributed by atoms with E-state index in [1.165, 1.54) is 24.3 Å². The van der Waals surface area contributed by atoms with Crippen LogP contribution in [-0.4, -0.2) is 29.7 Å². The zero-order valence-corrected chi connectivity index (χ0v) is 18.3. The number of benzene rings is 3. The van der Waals surface area contributed by atoms with E-state index in [2.05, 4.69) is 15.4 Å². The molecule has 0 saturated carbocycles. The van der Waals surface area contributed by atoms with Crippen LogP contribution >= 0.6 is 0 Å². The summed E-state index contributed by atoms with van der Waals surface area (Å²) in [6.07, 6.45) is 0. The highest BCUT2D eigenvalue weighted by Crippen LogP contribution is 2.24. The van der Waals surface area contributed by atoms with Gasteiger partial charge in [-0.15, -0.1) is 9.19 Å². The highest BCUT2D eigenvalue weighted by atomic mass is 32.2. The molecule has 0 aliphatic carbocycles. The molecule has 0 bridgehead atoms. The third-order valence-corrected chi connectivity index (χ3v) is 6.41. The van der Waals surface area contributed by atoms with Crippen molar-refractivity contribution < 1.29 is 17.5 Å². The monoisotopic (exact) mass is 452 g/mol. The van der Waals surface area contributed by atoms with Gasteiger partial charge in [0.2, 0.25) is 5.95 Å². The summed E-state index contributed by atoms with van der Waals surface area (Å²) in [5.74, 6) is 0.612. The van der Waals surface area contributed by atoms with Crippen molar-refractivity contribution in [2.45, 2.75) is 18.4 Å². The smallest absolute Gasteiger partial charge is 0.286 e. The van der Waals surface area contributed by atoms with E-state index in [9.17, 15) is 12.8 Å². The third kappa shape index (κ3) is 4.47. The van der Waals surface area contributed by atoms with Crippen molar-refractivity contribution in [2.75, 3.05) is 12.4 Å². The molecule has 7 nitrogen and oxygen atoms in total. The molecule has 0 amide bonds. The lowest BCUT2D eigenvalue weighted by Gasteiger charge is -2.09. The summed E-state index contributed by atoms with van der Waals surface area (Å²) in [7, 11) is -2.44. The van der Waals surface area contributed by atoms with E-state index in [0.717, 1.165) is 15.2 Å². The second-order valence-corrected chi connectivity index (χ2v) is 8.90. The Labute approximate surface area is 185 Å². The van der Waals surface area contributed by atoms with Crippen LogP contribution in [0.25, 0.3) is 11.4 Å². The van der Waals surface area contributed by atoms with E-state index in [1.807, 2.05) is 6.92 Å². The first kappa shape index (κ1) is 21.5. The lowest BCUT2D eigenvalue weighted by molar-refractivity contribution is 0.415. The largest absolute Gasteiger partial charge is 0.497 e. The van der Waals surface area contributed by atoms with E-state index in [-0.39, 0.29) is 29.0 Å². The van der Waals surface area contributed by atoms with E-state index >= 15 is 0 Å². The van der Waals surface area contributed by atoms with Gasteiger partial charge in [0.1, 0.15) is 11.6 Å². The maximum atomic E-state index is 13.3. The van der Waals surface area contributed by atoms with Gasteiger partial charge in [-0.3, -0.25) is 0 Å². The number of nitrogens with zero attached hydrogens (tertiary/aromatic N) is 3. The maximum Gasteiger partial charge on any atom is 0.286 e. The number of halogens is 1. The molecular weight excluding hydrogens is 431 g/mol. The van der Waals surface area contributed by atoms with E-state index in [0.29, 0.717) is 11.3 Å². The first-order valence-corrected chi connectivity index (χ1v) is 11.2. The topological polar surface area (TPSA) is 86.1 Å². The number of aromatic nitrogens is 3. The van der Waals surface area contributed by atoms with Gasteiger partial charge >= 0.3 is 0 Å². The minimum atomic E-state index is -4.00. The number of aryl methyl sites for hydroxylation is 1. The molecule has 164 valence electrons. The van der Waals surface area contributed by atoms with Crippen LogP contribution in [0, 0.1) is 12.7 Å². The standard InChI is InChI=1S/C23H21FN4O3S/c1-16-3-13-21(14-4-16)32(29,30)28-23(25-15-17-5-9-19(24)10-6-17)26-22(27-28)18-7-11-20(31-2)12-8-18/h3-14H,15H2,1-2H3,(H,25,26,27). The highest BCUT2D eigenvalue weighted by molar-refractivity contribution is 7.90. The number of ether oxygens (including phenoxy) is 1. The summed E-state index contributed by atoms with van der Waals surface area (Å²) < 4.78 is 45.9. The molecule has 0 fully saturated rings. The van der Waals surface area contributed by atoms with E-state index in [4.69, 9.17) is 4.74 Å². The van der Waals surface area contributed by atoms with Gasteiger partial charge in [0.05, 0.1) is 12.0 Å². The summed E-state index contributed by atoms with van der Waals surface area (Å²) in [5, 5.41) is 7.30. The van der Waals surface area contributed by atoms with Gasteiger partial charge in [-0.1, -0.05) is 29.8 Å². The Morgan fingerprint density at radius 2 is 1.62 bits per heavy atom. The zero-order chi connectivity index (χ0) is 22.7. The van der Waals surface area contributed by atoms with Gasteiger partial charge < -0.3 is 10.1 Å². The molecule has 1 heterocycles.